The van der Waals surface area contributed by atoms with Crippen molar-refractivity contribution in [2.75, 3.05) is 13.2 Å². The molecule has 0 radical (unpaired) electrons. The molecule has 0 saturated heterocycles. The highest BCUT2D eigenvalue weighted by Crippen LogP contribution is 2.56. The minimum atomic E-state index is -0.296. The van der Waals surface area contributed by atoms with E-state index in [4.69, 9.17) is 9.84 Å². The van der Waals surface area contributed by atoms with Crippen LogP contribution in [0.3, 0.4) is 0 Å². The summed E-state index contributed by atoms with van der Waals surface area (Å²) in [5.41, 5.74) is -0.296. The van der Waals surface area contributed by atoms with Crippen LogP contribution in [-0.4, -0.2) is 24.3 Å². The van der Waals surface area contributed by atoms with E-state index in [0.717, 1.165) is 6.42 Å². The Balaban J connectivity index is 2.09. The van der Waals surface area contributed by atoms with Crippen LogP contribution in [0.4, 0.5) is 0 Å². The molecule has 2 saturated carbocycles. The minimum Gasteiger partial charge on any atom is -0.463 e. The Kier molecular flexibility index (Phi) is 3.24. The summed E-state index contributed by atoms with van der Waals surface area (Å²) in [5.74, 6) is 1.73. The van der Waals surface area contributed by atoms with E-state index in [1.807, 2.05) is 0 Å². The zero-order chi connectivity index (χ0) is 11.8. The fourth-order valence-electron chi connectivity index (χ4n) is 3.77. The van der Waals surface area contributed by atoms with Crippen LogP contribution in [0.15, 0.2) is 0 Å². The van der Waals surface area contributed by atoms with Gasteiger partial charge < -0.3 is 9.84 Å². The van der Waals surface area contributed by atoms with Crippen molar-refractivity contribution in [2.24, 2.45) is 23.2 Å². The average molecular weight is 226 g/mol. The van der Waals surface area contributed by atoms with Gasteiger partial charge in [0.25, 0.3) is 0 Å². The highest BCUT2D eigenvalue weighted by molar-refractivity contribution is 5.77. The molecule has 2 fully saturated rings. The van der Waals surface area contributed by atoms with Crippen LogP contribution in [0, 0.1) is 23.2 Å². The summed E-state index contributed by atoms with van der Waals surface area (Å²) in [6.45, 7) is 4.37. The Bertz CT molecular complexity index is 276. The summed E-state index contributed by atoms with van der Waals surface area (Å²) < 4.78 is 5.15. The maximum absolute atomic E-state index is 12.1. The fraction of sp³-hybridized carbons (Fsp3) is 0.923. The van der Waals surface area contributed by atoms with Gasteiger partial charge in [0, 0.05) is 0 Å². The van der Waals surface area contributed by atoms with E-state index >= 15 is 0 Å². The van der Waals surface area contributed by atoms with Crippen molar-refractivity contribution in [2.45, 2.75) is 39.5 Å². The van der Waals surface area contributed by atoms with Crippen LogP contribution in [-0.2, 0) is 9.53 Å². The van der Waals surface area contributed by atoms with Gasteiger partial charge in [-0.15, -0.1) is 0 Å². The summed E-state index contributed by atoms with van der Waals surface area (Å²) in [6, 6.07) is 0. The third-order valence-corrected chi connectivity index (χ3v) is 4.63. The summed E-state index contributed by atoms with van der Waals surface area (Å²) in [7, 11) is 0. The van der Waals surface area contributed by atoms with Crippen LogP contribution in [0.1, 0.15) is 39.5 Å². The van der Waals surface area contributed by atoms with Crippen molar-refractivity contribution < 1.29 is 14.6 Å². The van der Waals surface area contributed by atoms with Gasteiger partial charge in [-0.1, -0.05) is 19.8 Å². The van der Waals surface area contributed by atoms with Crippen LogP contribution < -0.4 is 0 Å². The standard InChI is InChI=1S/C13H22O3/c1-9-3-4-10-7-11(9)13(2,8-10)12(15)16-6-5-14/h9-11,14H,3-8H2,1-2H3. The number of carbonyl (C=O) groups excluding carboxylic acids is 1. The summed E-state index contributed by atoms with van der Waals surface area (Å²) in [6.07, 6.45) is 4.68. The molecule has 3 nitrogen and oxygen atoms in total. The molecule has 0 aromatic carbocycles. The molecule has 0 aliphatic heterocycles. The first-order valence-corrected chi connectivity index (χ1v) is 6.36. The van der Waals surface area contributed by atoms with Crippen LogP contribution in [0.2, 0.25) is 0 Å². The molecule has 4 unspecified atom stereocenters. The summed E-state index contributed by atoms with van der Waals surface area (Å²) >= 11 is 0. The number of hydrogen-bond donors (Lipinski definition) is 1. The van der Waals surface area contributed by atoms with Gasteiger partial charge in [-0.25, -0.2) is 0 Å². The normalized spacial score (nSPS) is 42.1. The summed E-state index contributed by atoms with van der Waals surface area (Å²) in [5, 5.41) is 8.70. The second-order valence-electron chi connectivity index (χ2n) is 5.74. The molecule has 4 atom stereocenters. The molecule has 3 heteroatoms. The van der Waals surface area contributed by atoms with Crippen molar-refractivity contribution in [1.82, 2.24) is 0 Å². The number of rotatable bonds is 3. The smallest absolute Gasteiger partial charge is 0.312 e. The molecular formula is C13H22O3. The maximum atomic E-state index is 12.1. The van der Waals surface area contributed by atoms with Gasteiger partial charge in [-0.2, -0.15) is 0 Å². The lowest BCUT2D eigenvalue weighted by atomic mass is 9.72. The van der Waals surface area contributed by atoms with Gasteiger partial charge in [0.2, 0.25) is 0 Å². The average Bonchev–Trinajstić information content (AvgIpc) is 2.56. The molecule has 16 heavy (non-hydrogen) atoms. The number of ether oxygens (including phenoxy) is 1. The van der Waals surface area contributed by atoms with Crippen molar-refractivity contribution >= 4 is 5.97 Å². The monoisotopic (exact) mass is 226 g/mol. The molecular weight excluding hydrogens is 204 g/mol. The van der Waals surface area contributed by atoms with Crippen molar-refractivity contribution in [3.63, 3.8) is 0 Å². The molecule has 2 aliphatic rings. The second-order valence-corrected chi connectivity index (χ2v) is 5.74. The number of hydrogen-bond acceptors (Lipinski definition) is 3. The van der Waals surface area contributed by atoms with E-state index in [0.29, 0.717) is 17.8 Å². The Morgan fingerprint density at radius 3 is 2.94 bits per heavy atom. The van der Waals surface area contributed by atoms with Gasteiger partial charge in [0.05, 0.1) is 12.0 Å². The van der Waals surface area contributed by atoms with E-state index in [1.165, 1.54) is 19.3 Å². The zero-order valence-corrected chi connectivity index (χ0v) is 10.2. The lowest BCUT2D eigenvalue weighted by Crippen LogP contribution is -2.36. The summed E-state index contributed by atoms with van der Waals surface area (Å²) in [4.78, 5) is 12.1. The highest BCUT2D eigenvalue weighted by atomic mass is 16.5. The Labute approximate surface area is 97.2 Å². The third-order valence-electron chi connectivity index (χ3n) is 4.63. The molecule has 0 aromatic heterocycles. The first-order valence-electron chi connectivity index (χ1n) is 6.36. The second kappa shape index (κ2) is 4.36. The lowest BCUT2D eigenvalue weighted by molar-refractivity contribution is -0.159. The SMILES string of the molecule is CC1CCC2CC1C(C)(C(=O)OCCO)C2. The van der Waals surface area contributed by atoms with Crippen LogP contribution in [0.5, 0.6) is 0 Å². The molecule has 0 heterocycles. The van der Waals surface area contributed by atoms with Crippen molar-refractivity contribution in [1.29, 1.82) is 0 Å². The lowest BCUT2D eigenvalue weighted by Gasteiger charge is -2.33. The van der Waals surface area contributed by atoms with Crippen molar-refractivity contribution in [3.8, 4) is 0 Å². The molecule has 0 amide bonds. The number of aliphatic hydroxyl groups excluding tert-OH is 1. The number of aliphatic hydroxyl groups is 1. The van der Waals surface area contributed by atoms with E-state index in [1.54, 1.807) is 0 Å². The van der Waals surface area contributed by atoms with Gasteiger partial charge in [-0.3, -0.25) is 4.79 Å². The van der Waals surface area contributed by atoms with Gasteiger partial charge >= 0.3 is 5.97 Å². The van der Waals surface area contributed by atoms with Gasteiger partial charge in [0.1, 0.15) is 6.61 Å². The molecule has 92 valence electrons. The molecule has 2 rings (SSSR count). The molecule has 0 spiro atoms. The van der Waals surface area contributed by atoms with Gasteiger partial charge in [0.15, 0.2) is 0 Å². The Morgan fingerprint density at radius 2 is 2.25 bits per heavy atom. The van der Waals surface area contributed by atoms with E-state index < -0.39 is 0 Å². The van der Waals surface area contributed by atoms with E-state index in [-0.39, 0.29) is 24.6 Å². The minimum absolute atomic E-state index is 0.0779. The van der Waals surface area contributed by atoms with Gasteiger partial charge in [-0.05, 0) is 37.5 Å². The molecule has 2 bridgehead atoms. The molecule has 1 N–H and O–H groups in total. The first-order chi connectivity index (χ1) is 7.58. The number of esters is 1. The highest BCUT2D eigenvalue weighted by Gasteiger charge is 2.53. The Hall–Kier alpha value is -0.570. The molecule has 2 aliphatic carbocycles. The van der Waals surface area contributed by atoms with E-state index in [2.05, 4.69) is 13.8 Å². The third kappa shape index (κ3) is 1.86. The maximum Gasteiger partial charge on any atom is 0.312 e. The number of fused-ring (bicyclic) bond motifs is 2. The van der Waals surface area contributed by atoms with E-state index in [9.17, 15) is 4.79 Å². The van der Waals surface area contributed by atoms with Crippen LogP contribution in [0.25, 0.3) is 0 Å². The Morgan fingerprint density at radius 1 is 1.50 bits per heavy atom. The van der Waals surface area contributed by atoms with Crippen molar-refractivity contribution in [3.05, 3.63) is 0 Å². The quantitative estimate of drug-likeness (QED) is 0.748. The zero-order valence-electron chi connectivity index (χ0n) is 10.2. The predicted molar refractivity (Wildman–Crippen MR) is 60.8 cm³/mol. The van der Waals surface area contributed by atoms with Crippen LogP contribution >= 0.6 is 0 Å². The first kappa shape index (κ1) is 11.9. The fourth-order valence-corrected chi connectivity index (χ4v) is 3.77. The number of carbonyl (C=O) groups is 1. The molecule has 0 aromatic rings. The largest absolute Gasteiger partial charge is 0.463 e. The predicted octanol–water partition coefficient (Wildman–Crippen LogP) is 1.98. The topological polar surface area (TPSA) is 46.5 Å².